The molecule has 0 radical (unpaired) electrons. The fourth-order valence-corrected chi connectivity index (χ4v) is 5.02. The summed E-state index contributed by atoms with van der Waals surface area (Å²) in [6.07, 6.45) is 0. The first-order chi connectivity index (χ1) is 19.3. The highest BCUT2D eigenvalue weighted by atomic mass is 16.5. The second-order valence-corrected chi connectivity index (χ2v) is 8.80. The molecule has 0 aliphatic carbocycles. The van der Waals surface area contributed by atoms with Crippen molar-refractivity contribution in [2.75, 3.05) is 42.7 Å². The Kier molecular flexibility index (Phi) is 8.04. The van der Waals surface area contributed by atoms with E-state index in [4.69, 9.17) is 28.4 Å². The predicted octanol–water partition coefficient (Wildman–Crippen LogP) is 5.24. The number of hydrogen-bond acceptors (Lipinski definition) is 9. The third kappa shape index (κ3) is 4.49. The van der Waals surface area contributed by atoms with Gasteiger partial charge in [0.2, 0.25) is 17.2 Å². The zero-order chi connectivity index (χ0) is 29.0. The predicted molar refractivity (Wildman–Crippen MR) is 149 cm³/mol. The molecule has 40 heavy (non-hydrogen) atoms. The molecule has 3 N–H and O–H groups in total. The topological polar surface area (TPSA) is 116 Å². The second-order valence-electron chi connectivity index (χ2n) is 8.80. The molecule has 0 spiro atoms. The average Bonchev–Trinajstić information content (AvgIpc) is 2.99. The summed E-state index contributed by atoms with van der Waals surface area (Å²) in [5.74, 6) is 0.521. The van der Waals surface area contributed by atoms with Gasteiger partial charge in [-0.1, -0.05) is 30.3 Å². The normalized spacial score (nSPS) is 11.1. The molecule has 4 rings (SSSR count). The van der Waals surface area contributed by atoms with Crippen LogP contribution in [0, 0.1) is 0 Å². The van der Waals surface area contributed by atoms with Crippen molar-refractivity contribution in [2.24, 2.45) is 0 Å². The molecule has 0 aliphatic heterocycles. The Bertz CT molecular complexity index is 1270. The first-order valence-corrected chi connectivity index (χ1v) is 12.2. The number of phenols is 3. The summed E-state index contributed by atoms with van der Waals surface area (Å²) in [6.45, 7) is 0. The third-order valence-electron chi connectivity index (χ3n) is 6.95. The molecule has 4 aromatic rings. The summed E-state index contributed by atoms with van der Waals surface area (Å²) in [7, 11) is 8.68. The highest BCUT2D eigenvalue weighted by molar-refractivity contribution is 5.70. The van der Waals surface area contributed by atoms with Crippen molar-refractivity contribution in [2.45, 2.75) is 5.41 Å². The van der Waals surface area contributed by atoms with Gasteiger partial charge in [0.25, 0.3) is 0 Å². The second kappa shape index (κ2) is 11.4. The molecule has 0 atom stereocenters. The maximum atomic E-state index is 10.8. The van der Waals surface area contributed by atoms with Gasteiger partial charge in [-0.05, 0) is 58.7 Å². The molecule has 0 amide bonds. The van der Waals surface area contributed by atoms with Crippen LogP contribution in [0.4, 0.5) is 0 Å². The van der Waals surface area contributed by atoms with Gasteiger partial charge in [-0.3, -0.25) is 0 Å². The van der Waals surface area contributed by atoms with Crippen molar-refractivity contribution >= 4 is 0 Å². The highest BCUT2D eigenvalue weighted by Crippen LogP contribution is 2.54. The van der Waals surface area contributed by atoms with Gasteiger partial charge < -0.3 is 43.7 Å². The molecule has 9 nitrogen and oxygen atoms in total. The molecule has 210 valence electrons. The number of benzene rings is 4. The fourth-order valence-electron chi connectivity index (χ4n) is 5.02. The number of hydrogen-bond donors (Lipinski definition) is 3. The highest BCUT2D eigenvalue weighted by Gasteiger charge is 2.42. The average molecular weight is 549 g/mol. The summed E-state index contributed by atoms with van der Waals surface area (Å²) in [6, 6.07) is 19.7. The molecule has 9 heteroatoms. The van der Waals surface area contributed by atoms with Crippen LogP contribution in [0.1, 0.15) is 22.3 Å². The van der Waals surface area contributed by atoms with Crippen molar-refractivity contribution in [1.82, 2.24) is 0 Å². The van der Waals surface area contributed by atoms with Crippen molar-refractivity contribution in [3.05, 3.63) is 89.0 Å². The molecule has 0 aliphatic rings. The molecule has 4 aromatic carbocycles. The molecular formula is C31H32O9. The van der Waals surface area contributed by atoms with Crippen LogP contribution in [0.25, 0.3) is 0 Å². The van der Waals surface area contributed by atoms with Gasteiger partial charge in [0.05, 0.1) is 48.1 Å². The Hall–Kier alpha value is -4.92. The number of rotatable bonds is 10. The van der Waals surface area contributed by atoms with E-state index in [9.17, 15) is 15.3 Å². The summed E-state index contributed by atoms with van der Waals surface area (Å²) < 4.78 is 33.2. The standard InChI is InChI=1S/C31H32O9/c1-35-22-12-19(13-23(36-2)28(22)32)31(18-10-8-7-9-11-18,20-14-24(37-3)29(33)25(15-20)38-4)21-16-26(39-5)30(34)27(17-21)40-6/h7-17,32-34H,1-6H3. The van der Waals surface area contributed by atoms with Crippen LogP contribution in [0.2, 0.25) is 0 Å². The minimum Gasteiger partial charge on any atom is -0.502 e. The number of phenolic OH excluding ortho intramolecular Hbond substituents is 3. The van der Waals surface area contributed by atoms with Crippen molar-refractivity contribution in [3.63, 3.8) is 0 Å². The Morgan fingerprint density at radius 3 is 0.875 bits per heavy atom. The van der Waals surface area contributed by atoms with E-state index in [1.807, 2.05) is 30.3 Å². The number of aromatic hydroxyl groups is 3. The van der Waals surface area contributed by atoms with Crippen LogP contribution < -0.4 is 28.4 Å². The van der Waals surface area contributed by atoms with Crippen molar-refractivity contribution in [3.8, 4) is 51.7 Å². The van der Waals surface area contributed by atoms with E-state index < -0.39 is 5.41 Å². The summed E-state index contributed by atoms with van der Waals surface area (Å²) >= 11 is 0. The van der Waals surface area contributed by atoms with Gasteiger partial charge in [-0.2, -0.15) is 0 Å². The van der Waals surface area contributed by atoms with Crippen LogP contribution >= 0.6 is 0 Å². The maximum Gasteiger partial charge on any atom is 0.200 e. The molecule has 0 fully saturated rings. The van der Waals surface area contributed by atoms with Gasteiger partial charge in [-0.25, -0.2) is 0 Å². The molecule has 0 heterocycles. The van der Waals surface area contributed by atoms with E-state index in [0.717, 1.165) is 5.56 Å². The number of ether oxygens (including phenoxy) is 6. The molecule has 0 saturated heterocycles. The Balaban J connectivity index is 2.32. The monoisotopic (exact) mass is 548 g/mol. The molecule has 0 unspecified atom stereocenters. The first-order valence-electron chi connectivity index (χ1n) is 12.2. The van der Waals surface area contributed by atoms with E-state index in [1.54, 1.807) is 36.4 Å². The van der Waals surface area contributed by atoms with Crippen LogP contribution in [0.5, 0.6) is 51.7 Å². The summed E-state index contributed by atoms with van der Waals surface area (Å²) in [5.41, 5.74) is 1.37. The Morgan fingerprint density at radius 1 is 0.400 bits per heavy atom. The summed E-state index contributed by atoms with van der Waals surface area (Å²) in [5, 5.41) is 32.4. The van der Waals surface area contributed by atoms with Gasteiger partial charge in [0.1, 0.15) is 0 Å². The minimum absolute atomic E-state index is 0.169. The third-order valence-corrected chi connectivity index (χ3v) is 6.95. The van der Waals surface area contributed by atoms with Gasteiger partial charge in [0.15, 0.2) is 34.5 Å². The lowest BCUT2D eigenvalue weighted by atomic mass is 9.64. The van der Waals surface area contributed by atoms with E-state index in [0.29, 0.717) is 16.7 Å². The lowest BCUT2D eigenvalue weighted by molar-refractivity contribution is 0.335. The largest absolute Gasteiger partial charge is 0.502 e. The Labute approximate surface area is 232 Å². The molecule has 0 saturated carbocycles. The fraction of sp³-hybridized carbons (Fsp3) is 0.226. The molecule has 0 aromatic heterocycles. The van der Waals surface area contributed by atoms with Gasteiger partial charge in [0, 0.05) is 0 Å². The van der Waals surface area contributed by atoms with Gasteiger partial charge in [-0.15, -0.1) is 0 Å². The van der Waals surface area contributed by atoms with E-state index in [-0.39, 0.29) is 51.7 Å². The van der Waals surface area contributed by atoms with Crippen LogP contribution in [-0.2, 0) is 5.41 Å². The molecular weight excluding hydrogens is 516 g/mol. The SMILES string of the molecule is COc1cc(C(c2ccccc2)(c2cc(OC)c(O)c(OC)c2)c2cc(OC)c(O)c(OC)c2)cc(OC)c1O. The Morgan fingerprint density at radius 2 is 0.650 bits per heavy atom. The van der Waals surface area contributed by atoms with Gasteiger partial charge >= 0.3 is 0 Å². The maximum absolute atomic E-state index is 10.8. The van der Waals surface area contributed by atoms with Crippen molar-refractivity contribution in [1.29, 1.82) is 0 Å². The van der Waals surface area contributed by atoms with Crippen LogP contribution in [-0.4, -0.2) is 58.0 Å². The minimum atomic E-state index is -1.22. The lowest BCUT2D eigenvalue weighted by Gasteiger charge is -2.38. The van der Waals surface area contributed by atoms with E-state index in [2.05, 4.69) is 0 Å². The zero-order valence-corrected chi connectivity index (χ0v) is 23.1. The van der Waals surface area contributed by atoms with E-state index in [1.165, 1.54) is 42.7 Å². The van der Waals surface area contributed by atoms with Crippen LogP contribution in [0.15, 0.2) is 66.7 Å². The zero-order valence-electron chi connectivity index (χ0n) is 23.1. The molecule has 0 bridgehead atoms. The first kappa shape index (κ1) is 28.1. The van der Waals surface area contributed by atoms with E-state index >= 15 is 0 Å². The van der Waals surface area contributed by atoms with Crippen LogP contribution in [0.3, 0.4) is 0 Å². The lowest BCUT2D eigenvalue weighted by Crippen LogP contribution is -2.31. The van der Waals surface area contributed by atoms with Crippen molar-refractivity contribution < 1.29 is 43.7 Å². The summed E-state index contributed by atoms with van der Waals surface area (Å²) in [4.78, 5) is 0. The number of methoxy groups -OCH3 is 6. The smallest absolute Gasteiger partial charge is 0.200 e. The quantitative estimate of drug-likeness (QED) is 0.229.